The molecule has 10 heteroatoms. The summed E-state index contributed by atoms with van der Waals surface area (Å²) in [7, 11) is 3.33. The van der Waals surface area contributed by atoms with Crippen LogP contribution in [0.1, 0.15) is 19.4 Å². The Balaban J connectivity index is 0.00000112. The van der Waals surface area contributed by atoms with E-state index in [0.717, 1.165) is 27.5 Å². The molecule has 39 heavy (non-hydrogen) atoms. The predicted octanol–water partition coefficient (Wildman–Crippen LogP) is 4.06. The van der Waals surface area contributed by atoms with Gasteiger partial charge in [-0.15, -0.1) is 0 Å². The molecule has 0 aliphatic rings. The third-order valence-electron chi connectivity index (χ3n) is 6.23. The Labute approximate surface area is 226 Å². The fourth-order valence-electron chi connectivity index (χ4n) is 4.31. The van der Waals surface area contributed by atoms with Gasteiger partial charge in [-0.05, 0) is 67.3 Å². The van der Waals surface area contributed by atoms with Gasteiger partial charge >= 0.3 is 0 Å². The molecule has 0 unspecified atom stereocenters. The lowest BCUT2D eigenvalue weighted by molar-refractivity contribution is -0.116. The summed E-state index contributed by atoms with van der Waals surface area (Å²) in [5.74, 6) is -0.295. The zero-order chi connectivity index (χ0) is 28.2. The fraction of sp³-hybridized carbons (Fsp3) is 0.207. The average molecular weight is 528 g/mol. The minimum atomic E-state index is -0.527. The Kier molecular flexibility index (Phi) is 8.10. The van der Waals surface area contributed by atoms with Gasteiger partial charge in [0.1, 0.15) is 6.54 Å². The lowest BCUT2D eigenvalue weighted by Crippen LogP contribution is -2.29. The molecule has 5 aromatic rings. The van der Waals surface area contributed by atoms with Gasteiger partial charge < -0.3 is 26.1 Å². The average Bonchev–Trinajstić information content (AvgIpc) is 3.26. The second-order valence-electron chi connectivity index (χ2n) is 9.76. The van der Waals surface area contributed by atoms with Crippen LogP contribution in [-0.4, -0.2) is 32.5 Å². The summed E-state index contributed by atoms with van der Waals surface area (Å²) in [6.45, 7) is 3.70. The molecule has 2 aromatic heterocycles. The zero-order valence-electron chi connectivity index (χ0n) is 22.4. The SMILES string of the molecule is CNO.Cn1ncc2cc(Nc3cccc4ccn(CC(=O)Nc5cccc(C(C)(C)N)c5)c(=O)c34)ccc21. The van der Waals surface area contributed by atoms with Gasteiger partial charge in [-0.1, -0.05) is 24.3 Å². The quantitative estimate of drug-likeness (QED) is 0.210. The van der Waals surface area contributed by atoms with Crippen LogP contribution in [0.2, 0.25) is 0 Å². The maximum Gasteiger partial charge on any atom is 0.261 e. The second-order valence-corrected chi connectivity index (χ2v) is 9.76. The Bertz CT molecular complexity index is 1680. The number of hydrogen-bond acceptors (Lipinski definition) is 7. The van der Waals surface area contributed by atoms with Crippen molar-refractivity contribution in [3.8, 4) is 0 Å². The summed E-state index contributed by atoms with van der Waals surface area (Å²) in [5, 5.41) is 20.2. The highest BCUT2D eigenvalue weighted by Gasteiger charge is 2.15. The highest BCUT2D eigenvalue weighted by Crippen LogP contribution is 2.26. The Hall–Kier alpha value is -4.51. The van der Waals surface area contributed by atoms with E-state index >= 15 is 0 Å². The molecule has 3 aromatic carbocycles. The second kappa shape index (κ2) is 11.5. The summed E-state index contributed by atoms with van der Waals surface area (Å²) in [4.78, 5) is 26.2. The van der Waals surface area contributed by atoms with Crippen molar-refractivity contribution < 1.29 is 10.0 Å². The number of anilines is 3. The lowest BCUT2D eigenvalue weighted by atomic mass is 9.95. The lowest BCUT2D eigenvalue weighted by Gasteiger charge is -2.20. The first-order valence-corrected chi connectivity index (χ1v) is 12.4. The Morgan fingerprint density at radius 1 is 1.03 bits per heavy atom. The van der Waals surface area contributed by atoms with Gasteiger partial charge in [0.15, 0.2) is 0 Å². The van der Waals surface area contributed by atoms with Gasteiger partial charge in [-0.3, -0.25) is 14.3 Å². The number of nitrogens with one attached hydrogen (secondary N) is 3. The van der Waals surface area contributed by atoms with Gasteiger partial charge in [-0.2, -0.15) is 5.10 Å². The molecule has 0 fully saturated rings. The topological polar surface area (TPSA) is 139 Å². The summed E-state index contributed by atoms with van der Waals surface area (Å²) in [5.41, 5.74) is 11.2. The zero-order valence-corrected chi connectivity index (χ0v) is 22.4. The van der Waals surface area contributed by atoms with Gasteiger partial charge in [0.2, 0.25) is 5.91 Å². The summed E-state index contributed by atoms with van der Waals surface area (Å²) >= 11 is 0. The number of rotatable bonds is 6. The van der Waals surface area contributed by atoms with Gasteiger partial charge in [0.05, 0.1) is 22.8 Å². The van der Waals surface area contributed by atoms with E-state index in [1.807, 2.05) is 86.2 Å². The van der Waals surface area contributed by atoms with E-state index in [4.69, 9.17) is 10.9 Å². The third kappa shape index (κ3) is 6.32. The number of nitrogens with zero attached hydrogens (tertiary/aromatic N) is 3. The van der Waals surface area contributed by atoms with Gasteiger partial charge in [-0.25, -0.2) is 5.48 Å². The molecule has 10 nitrogen and oxygen atoms in total. The summed E-state index contributed by atoms with van der Waals surface area (Å²) in [6.07, 6.45) is 3.45. The number of aryl methyl sites for hydroxylation is 1. The molecular weight excluding hydrogens is 494 g/mol. The maximum absolute atomic E-state index is 13.4. The van der Waals surface area contributed by atoms with E-state index in [2.05, 4.69) is 15.7 Å². The van der Waals surface area contributed by atoms with E-state index in [9.17, 15) is 9.59 Å². The minimum absolute atomic E-state index is 0.110. The van der Waals surface area contributed by atoms with E-state index in [-0.39, 0.29) is 18.0 Å². The van der Waals surface area contributed by atoms with Crippen LogP contribution in [0, 0.1) is 0 Å². The molecule has 0 aliphatic heterocycles. The van der Waals surface area contributed by atoms with Crippen molar-refractivity contribution in [3.63, 3.8) is 0 Å². The molecule has 0 spiro atoms. The van der Waals surface area contributed by atoms with Crippen LogP contribution >= 0.6 is 0 Å². The number of hydrogen-bond donors (Lipinski definition) is 5. The van der Waals surface area contributed by atoms with Crippen LogP contribution in [0.4, 0.5) is 17.1 Å². The van der Waals surface area contributed by atoms with Crippen LogP contribution in [-0.2, 0) is 23.9 Å². The molecule has 0 radical (unpaired) electrons. The van der Waals surface area contributed by atoms with E-state index < -0.39 is 5.54 Å². The van der Waals surface area contributed by atoms with E-state index in [1.165, 1.54) is 11.6 Å². The molecule has 202 valence electrons. The molecule has 0 aliphatic carbocycles. The number of benzene rings is 3. The number of carbonyl (C=O) groups excluding carboxylic acids is 1. The highest BCUT2D eigenvalue weighted by molar-refractivity contribution is 5.96. The van der Waals surface area contributed by atoms with E-state index in [0.29, 0.717) is 16.8 Å². The number of aromatic nitrogens is 3. The van der Waals surface area contributed by atoms with Crippen molar-refractivity contribution in [3.05, 3.63) is 95.0 Å². The smallest absolute Gasteiger partial charge is 0.261 e. The predicted molar refractivity (Wildman–Crippen MR) is 155 cm³/mol. The molecule has 0 bridgehead atoms. The maximum atomic E-state index is 13.4. The standard InChI is InChI=1S/C28H28N6O2.CH5NO/c1-28(2,29)20-7-5-8-21(15-20)32-25(35)17-34-13-12-18-6-4-9-23(26(18)27(34)36)31-22-10-11-24-19(14-22)16-30-33(24)3;1-2-3/h4-16,31H,17,29H2,1-3H3,(H,32,35);2-3H,1H3. The summed E-state index contributed by atoms with van der Waals surface area (Å²) in [6, 6.07) is 20.8. The van der Waals surface area contributed by atoms with Gasteiger partial charge in [0, 0.05) is 42.6 Å². The van der Waals surface area contributed by atoms with Crippen LogP contribution in [0.5, 0.6) is 0 Å². The normalized spacial score (nSPS) is 11.2. The fourth-order valence-corrected chi connectivity index (χ4v) is 4.31. The summed E-state index contributed by atoms with van der Waals surface area (Å²) < 4.78 is 3.23. The number of pyridine rings is 1. The van der Waals surface area contributed by atoms with Crippen molar-refractivity contribution in [2.24, 2.45) is 12.8 Å². The van der Waals surface area contributed by atoms with Crippen LogP contribution in [0.25, 0.3) is 21.7 Å². The van der Waals surface area contributed by atoms with Crippen molar-refractivity contribution in [1.29, 1.82) is 0 Å². The first-order valence-electron chi connectivity index (χ1n) is 12.4. The molecule has 5 rings (SSSR count). The molecule has 1 amide bonds. The third-order valence-corrected chi connectivity index (χ3v) is 6.23. The monoisotopic (exact) mass is 527 g/mol. The number of hydroxylamine groups is 1. The molecular formula is C29H33N7O3. The van der Waals surface area contributed by atoms with Crippen LogP contribution in [0.15, 0.2) is 83.9 Å². The molecule has 6 N–H and O–H groups in total. The minimum Gasteiger partial charge on any atom is -0.355 e. The van der Waals surface area contributed by atoms with Crippen molar-refractivity contribution in [1.82, 2.24) is 19.8 Å². The molecule has 0 atom stereocenters. The molecule has 0 saturated carbocycles. The van der Waals surface area contributed by atoms with Crippen LogP contribution in [0.3, 0.4) is 0 Å². The van der Waals surface area contributed by atoms with Crippen molar-refractivity contribution in [2.75, 3.05) is 17.7 Å². The van der Waals surface area contributed by atoms with Crippen LogP contribution < -0.4 is 27.4 Å². The number of nitrogens with two attached hydrogens (primary N) is 1. The van der Waals surface area contributed by atoms with Crippen molar-refractivity contribution >= 4 is 44.6 Å². The highest BCUT2D eigenvalue weighted by atomic mass is 16.5. The number of fused-ring (bicyclic) bond motifs is 2. The molecule has 0 saturated heterocycles. The van der Waals surface area contributed by atoms with E-state index in [1.54, 1.807) is 23.9 Å². The van der Waals surface area contributed by atoms with Gasteiger partial charge in [0.25, 0.3) is 5.56 Å². The Morgan fingerprint density at radius 3 is 2.51 bits per heavy atom. The largest absolute Gasteiger partial charge is 0.355 e. The number of amides is 1. The first kappa shape index (κ1) is 27.5. The Morgan fingerprint density at radius 2 is 1.77 bits per heavy atom. The number of carbonyl (C=O) groups is 1. The first-order chi connectivity index (χ1) is 18.6. The molecule has 2 heterocycles. The van der Waals surface area contributed by atoms with Crippen molar-refractivity contribution in [2.45, 2.75) is 25.9 Å².